The zero-order valence-corrected chi connectivity index (χ0v) is 14.1. The van der Waals surface area contributed by atoms with Crippen molar-refractivity contribution in [1.29, 1.82) is 0 Å². The van der Waals surface area contributed by atoms with Crippen LogP contribution in [0, 0.1) is 0 Å². The highest BCUT2D eigenvalue weighted by atomic mass is 35.5. The van der Waals surface area contributed by atoms with E-state index in [1.165, 1.54) is 18.4 Å². The van der Waals surface area contributed by atoms with Crippen molar-refractivity contribution >= 4 is 28.9 Å². The fourth-order valence-electron chi connectivity index (χ4n) is 2.93. The smallest absolute Gasteiger partial charge is 0.255 e. The van der Waals surface area contributed by atoms with Crippen LogP contribution >= 0.6 is 11.6 Å². The van der Waals surface area contributed by atoms with Crippen molar-refractivity contribution in [3.63, 3.8) is 0 Å². The molecule has 2 aromatic carbocycles. The number of halogens is 1. The number of nitrogens with zero attached hydrogens (tertiary/aromatic N) is 1. The summed E-state index contributed by atoms with van der Waals surface area (Å²) < 4.78 is 0. The van der Waals surface area contributed by atoms with E-state index in [4.69, 9.17) is 11.6 Å². The van der Waals surface area contributed by atoms with Crippen LogP contribution in [0.5, 0.6) is 0 Å². The van der Waals surface area contributed by atoms with E-state index in [1.54, 1.807) is 0 Å². The first-order valence-corrected chi connectivity index (χ1v) is 8.50. The zero-order chi connectivity index (χ0) is 16.2. The molecule has 0 unspecified atom stereocenters. The molecular weight excluding hydrogens is 308 g/mol. The van der Waals surface area contributed by atoms with Crippen LogP contribution < -0.4 is 10.2 Å². The maximum Gasteiger partial charge on any atom is 0.255 e. The van der Waals surface area contributed by atoms with E-state index in [0.29, 0.717) is 10.6 Å². The number of carbonyl (C=O) groups excluding carboxylic acids is 1. The SMILES string of the molecule is CCc1ccc(C(=O)Nc2cc(Cl)ccc2N2CCCC2)cc1. The number of aryl methyl sites for hydroxylation is 1. The summed E-state index contributed by atoms with van der Waals surface area (Å²) in [7, 11) is 0. The van der Waals surface area contributed by atoms with Gasteiger partial charge in [-0.15, -0.1) is 0 Å². The Kier molecular flexibility index (Phi) is 4.87. The molecule has 3 rings (SSSR count). The number of anilines is 2. The first kappa shape index (κ1) is 15.9. The van der Waals surface area contributed by atoms with Gasteiger partial charge >= 0.3 is 0 Å². The molecule has 1 heterocycles. The van der Waals surface area contributed by atoms with Gasteiger partial charge in [0.1, 0.15) is 0 Å². The molecule has 120 valence electrons. The van der Waals surface area contributed by atoms with Gasteiger partial charge in [0.2, 0.25) is 0 Å². The number of rotatable bonds is 4. The summed E-state index contributed by atoms with van der Waals surface area (Å²) in [4.78, 5) is 14.8. The molecule has 0 bridgehead atoms. The maximum absolute atomic E-state index is 12.5. The topological polar surface area (TPSA) is 32.3 Å². The van der Waals surface area contributed by atoms with Gasteiger partial charge < -0.3 is 10.2 Å². The van der Waals surface area contributed by atoms with E-state index in [-0.39, 0.29) is 5.91 Å². The summed E-state index contributed by atoms with van der Waals surface area (Å²) in [6.45, 7) is 4.15. The molecule has 0 atom stereocenters. The third-order valence-corrected chi connectivity index (χ3v) is 4.51. The molecule has 4 heteroatoms. The summed E-state index contributed by atoms with van der Waals surface area (Å²) in [6.07, 6.45) is 3.35. The average molecular weight is 329 g/mol. The minimum Gasteiger partial charge on any atom is -0.370 e. The van der Waals surface area contributed by atoms with Gasteiger partial charge in [0.05, 0.1) is 11.4 Å². The van der Waals surface area contributed by atoms with E-state index in [2.05, 4.69) is 17.1 Å². The van der Waals surface area contributed by atoms with Gasteiger partial charge in [-0.1, -0.05) is 30.7 Å². The molecule has 3 nitrogen and oxygen atoms in total. The van der Waals surface area contributed by atoms with Gasteiger partial charge in [-0.05, 0) is 55.2 Å². The standard InChI is InChI=1S/C19H21ClN2O/c1-2-14-5-7-15(8-6-14)19(23)21-17-13-16(20)9-10-18(17)22-11-3-4-12-22/h5-10,13H,2-4,11-12H2,1H3,(H,21,23). The molecule has 1 aliphatic rings. The van der Waals surface area contributed by atoms with Crippen molar-refractivity contribution in [3.05, 3.63) is 58.6 Å². The van der Waals surface area contributed by atoms with Gasteiger partial charge in [0, 0.05) is 23.7 Å². The van der Waals surface area contributed by atoms with Gasteiger partial charge in [-0.3, -0.25) is 4.79 Å². The van der Waals surface area contributed by atoms with E-state index in [9.17, 15) is 4.79 Å². The number of nitrogens with one attached hydrogen (secondary N) is 1. The van der Waals surface area contributed by atoms with Crippen LogP contribution in [0.2, 0.25) is 5.02 Å². The van der Waals surface area contributed by atoms with Crippen LogP contribution in [0.25, 0.3) is 0 Å². The number of benzene rings is 2. The molecule has 23 heavy (non-hydrogen) atoms. The first-order chi connectivity index (χ1) is 11.2. The first-order valence-electron chi connectivity index (χ1n) is 8.12. The molecule has 1 saturated heterocycles. The third kappa shape index (κ3) is 3.67. The monoisotopic (exact) mass is 328 g/mol. The molecular formula is C19H21ClN2O. The van der Waals surface area contributed by atoms with Crippen molar-refractivity contribution in [1.82, 2.24) is 0 Å². The number of hydrogen-bond acceptors (Lipinski definition) is 2. The van der Waals surface area contributed by atoms with Crippen molar-refractivity contribution in [2.45, 2.75) is 26.2 Å². The summed E-state index contributed by atoms with van der Waals surface area (Å²) >= 11 is 6.12. The maximum atomic E-state index is 12.5. The molecule has 0 spiro atoms. The van der Waals surface area contributed by atoms with Crippen LogP contribution in [0.4, 0.5) is 11.4 Å². The van der Waals surface area contributed by atoms with Crippen molar-refractivity contribution in [2.24, 2.45) is 0 Å². The Labute approximate surface area is 142 Å². The second kappa shape index (κ2) is 7.05. The Morgan fingerprint density at radius 1 is 1.13 bits per heavy atom. The van der Waals surface area contributed by atoms with Gasteiger partial charge in [0.15, 0.2) is 0 Å². The largest absolute Gasteiger partial charge is 0.370 e. The van der Waals surface area contributed by atoms with Crippen LogP contribution in [-0.2, 0) is 6.42 Å². The van der Waals surface area contributed by atoms with E-state index in [0.717, 1.165) is 30.9 Å². The van der Waals surface area contributed by atoms with Crippen LogP contribution in [0.15, 0.2) is 42.5 Å². The van der Waals surface area contributed by atoms with E-state index < -0.39 is 0 Å². The van der Waals surface area contributed by atoms with Crippen molar-refractivity contribution < 1.29 is 4.79 Å². The zero-order valence-electron chi connectivity index (χ0n) is 13.3. The molecule has 1 aliphatic heterocycles. The van der Waals surface area contributed by atoms with Crippen LogP contribution in [0.1, 0.15) is 35.7 Å². The number of carbonyl (C=O) groups is 1. The quantitative estimate of drug-likeness (QED) is 0.878. The number of amides is 1. The molecule has 1 fully saturated rings. The molecule has 0 aliphatic carbocycles. The second-order valence-corrected chi connectivity index (χ2v) is 6.30. The Morgan fingerprint density at radius 2 is 1.83 bits per heavy atom. The highest BCUT2D eigenvalue weighted by Gasteiger charge is 2.17. The van der Waals surface area contributed by atoms with Gasteiger partial charge in [-0.25, -0.2) is 0 Å². The summed E-state index contributed by atoms with van der Waals surface area (Å²) in [5, 5.41) is 3.65. The third-order valence-electron chi connectivity index (χ3n) is 4.28. The van der Waals surface area contributed by atoms with Crippen LogP contribution in [-0.4, -0.2) is 19.0 Å². The normalized spacial score (nSPS) is 14.1. The molecule has 2 aromatic rings. The minimum atomic E-state index is -0.102. The molecule has 1 N–H and O–H groups in total. The predicted octanol–water partition coefficient (Wildman–Crippen LogP) is 4.75. The van der Waals surface area contributed by atoms with E-state index >= 15 is 0 Å². The lowest BCUT2D eigenvalue weighted by Gasteiger charge is -2.22. The Balaban J connectivity index is 1.83. The Morgan fingerprint density at radius 3 is 2.48 bits per heavy atom. The Bertz CT molecular complexity index is 691. The number of hydrogen-bond donors (Lipinski definition) is 1. The molecule has 0 saturated carbocycles. The average Bonchev–Trinajstić information content (AvgIpc) is 3.09. The van der Waals surface area contributed by atoms with Crippen molar-refractivity contribution in [2.75, 3.05) is 23.3 Å². The highest BCUT2D eigenvalue weighted by molar-refractivity contribution is 6.31. The van der Waals surface area contributed by atoms with Crippen molar-refractivity contribution in [3.8, 4) is 0 Å². The van der Waals surface area contributed by atoms with Gasteiger partial charge in [-0.2, -0.15) is 0 Å². The summed E-state index contributed by atoms with van der Waals surface area (Å²) in [5.41, 5.74) is 3.71. The van der Waals surface area contributed by atoms with Crippen LogP contribution in [0.3, 0.4) is 0 Å². The minimum absolute atomic E-state index is 0.102. The lowest BCUT2D eigenvalue weighted by Crippen LogP contribution is -2.21. The highest BCUT2D eigenvalue weighted by Crippen LogP contribution is 2.31. The van der Waals surface area contributed by atoms with Gasteiger partial charge in [0.25, 0.3) is 5.91 Å². The predicted molar refractivity (Wildman–Crippen MR) is 96.7 cm³/mol. The summed E-state index contributed by atoms with van der Waals surface area (Å²) in [5.74, 6) is -0.102. The summed E-state index contributed by atoms with van der Waals surface area (Å²) in [6, 6.07) is 13.4. The fraction of sp³-hybridized carbons (Fsp3) is 0.316. The molecule has 1 amide bonds. The second-order valence-electron chi connectivity index (χ2n) is 5.86. The molecule has 0 radical (unpaired) electrons. The molecule has 0 aromatic heterocycles. The van der Waals surface area contributed by atoms with E-state index in [1.807, 2.05) is 42.5 Å². The fourth-order valence-corrected chi connectivity index (χ4v) is 3.10. The lowest BCUT2D eigenvalue weighted by molar-refractivity contribution is 0.102. The lowest BCUT2D eigenvalue weighted by atomic mass is 10.1. The Hall–Kier alpha value is -2.00.